The zero-order chi connectivity index (χ0) is 29.9. The lowest BCUT2D eigenvalue weighted by Crippen LogP contribution is -2.21. The molecule has 0 aliphatic rings. The summed E-state index contributed by atoms with van der Waals surface area (Å²) in [5.41, 5.74) is 9.29. The number of amides is 2. The zero-order valence-corrected chi connectivity index (χ0v) is 24.1. The van der Waals surface area contributed by atoms with Crippen LogP contribution in [-0.2, 0) is 5.41 Å². The number of nitrogens with one attached hydrogen (secondary N) is 2. The molecule has 4 N–H and O–H groups in total. The molecule has 0 unspecified atom stereocenters. The Bertz CT molecular complexity index is 1630. The second-order valence-electron chi connectivity index (χ2n) is 10.5. The van der Waals surface area contributed by atoms with Crippen LogP contribution in [0.25, 0.3) is 5.69 Å². The summed E-state index contributed by atoms with van der Waals surface area (Å²) in [6, 6.07) is 14.2. The van der Waals surface area contributed by atoms with Crippen molar-refractivity contribution in [3.8, 4) is 29.1 Å². The van der Waals surface area contributed by atoms with Crippen LogP contribution in [0.15, 0.2) is 48.8 Å². The van der Waals surface area contributed by atoms with Crippen LogP contribution >= 0.6 is 0 Å². The van der Waals surface area contributed by atoms with Gasteiger partial charge in [-0.25, -0.2) is 19.4 Å². The minimum absolute atomic E-state index is 0.0325. The molecule has 2 aromatic heterocycles. The van der Waals surface area contributed by atoms with Crippen LogP contribution in [-0.4, -0.2) is 47.0 Å². The molecule has 4 aromatic rings. The van der Waals surface area contributed by atoms with Crippen LogP contribution in [0.1, 0.15) is 37.6 Å². The van der Waals surface area contributed by atoms with E-state index >= 15 is 0 Å². The van der Waals surface area contributed by atoms with E-state index in [9.17, 15) is 10.1 Å². The fourth-order valence-corrected chi connectivity index (χ4v) is 3.99. The number of nitriles is 1. The number of hydrogen-bond donors (Lipinski definition) is 3. The predicted molar refractivity (Wildman–Crippen MR) is 158 cm³/mol. The highest BCUT2D eigenvalue weighted by molar-refractivity contribution is 6.00. The van der Waals surface area contributed by atoms with Gasteiger partial charge in [-0.3, -0.25) is 5.32 Å². The van der Waals surface area contributed by atoms with E-state index < -0.39 is 6.03 Å². The third-order valence-electron chi connectivity index (χ3n) is 6.22. The van der Waals surface area contributed by atoms with Crippen LogP contribution in [0.4, 0.5) is 27.8 Å². The molecule has 2 amide bonds. The van der Waals surface area contributed by atoms with E-state index in [0.717, 1.165) is 22.6 Å². The van der Waals surface area contributed by atoms with E-state index in [2.05, 4.69) is 41.4 Å². The number of nitrogen functional groups attached to an aromatic ring is 1. The summed E-state index contributed by atoms with van der Waals surface area (Å²) >= 11 is 0. The van der Waals surface area contributed by atoms with Gasteiger partial charge < -0.3 is 25.4 Å². The number of ether oxygens (including phenoxy) is 2. The van der Waals surface area contributed by atoms with E-state index in [0.29, 0.717) is 23.0 Å². The van der Waals surface area contributed by atoms with Gasteiger partial charge in [-0.15, -0.1) is 0 Å². The molecule has 0 bridgehead atoms. The largest absolute Gasteiger partial charge is 0.495 e. The number of aryl methyl sites for hydroxylation is 1. The summed E-state index contributed by atoms with van der Waals surface area (Å²) in [7, 11) is 5.50. The quantitative estimate of drug-likeness (QED) is 0.278. The zero-order valence-electron chi connectivity index (χ0n) is 24.1. The van der Waals surface area contributed by atoms with Crippen LogP contribution in [0.3, 0.4) is 0 Å². The van der Waals surface area contributed by atoms with Gasteiger partial charge >= 0.3 is 6.03 Å². The third kappa shape index (κ3) is 6.30. The maximum atomic E-state index is 13.1. The first-order valence-corrected chi connectivity index (χ1v) is 12.7. The first-order valence-electron chi connectivity index (χ1n) is 12.7. The van der Waals surface area contributed by atoms with Gasteiger partial charge in [0.15, 0.2) is 5.56 Å². The minimum Gasteiger partial charge on any atom is -0.495 e. The molecule has 0 saturated carbocycles. The Labute approximate surface area is 238 Å². The molecule has 0 aliphatic heterocycles. The summed E-state index contributed by atoms with van der Waals surface area (Å²) in [5, 5.41) is 19.9. The number of carbonyl (C=O) groups excluding carboxylic acids is 1. The Morgan fingerprint density at radius 1 is 1.10 bits per heavy atom. The second-order valence-corrected chi connectivity index (χ2v) is 10.5. The van der Waals surface area contributed by atoms with Crippen molar-refractivity contribution in [3.05, 3.63) is 65.6 Å². The van der Waals surface area contributed by atoms with E-state index in [1.54, 1.807) is 30.0 Å². The van der Waals surface area contributed by atoms with Crippen LogP contribution in [0, 0.1) is 18.3 Å². The highest BCUT2D eigenvalue weighted by atomic mass is 16.5. The monoisotopic (exact) mass is 555 g/mol. The molecule has 4 rings (SSSR count). The van der Waals surface area contributed by atoms with Gasteiger partial charge in [0.2, 0.25) is 5.88 Å². The number of nitrogens with two attached hydrogens (primary N) is 1. The van der Waals surface area contributed by atoms with Crippen molar-refractivity contribution in [2.24, 2.45) is 0 Å². The Balaban J connectivity index is 1.57. The molecular formula is C29H33N9O3. The van der Waals surface area contributed by atoms with E-state index in [4.69, 9.17) is 20.3 Å². The van der Waals surface area contributed by atoms with Gasteiger partial charge in [-0.2, -0.15) is 10.4 Å². The van der Waals surface area contributed by atoms with Gasteiger partial charge in [-0.1, -0.05) is 20.8 Å². The first kappa shape index (κ1) is 28.7. The van der Waals surface area contributed by atoms with Gasteiger partial charge in [-0.05, 0) is 42.8 Å². The number of aromatic nitrogens is 4. The lowest BCUT2D eigenvalue weighted by atomic mass is 9.92. The van der Waals surface area contributed by atoms with Crippen molar-refractivity contribution >= 4 is 29.0 Å². The van der Waals surface area contributed by atoms with Crippen molar-refractivity contribution in [1.29, 1.82) is 5.26 Å². The highest BCUT2D eigenvalue weighted by Gasteiger charge is 2.22. The lowest BCUT2D eigenvalue weighted by Gasteiger charge is -2.18. The van der Waals surface area contributed by atoms with Gasteiger partial charge in [0, 0.05) is 37.3 Å². The number of nitrogens with zero attached hydrogens (tertiary/aromatic N) is 6. The second kappa shape index (κ2) is 11.4. The number of urea groups is 1. The summed E-state index contributed by atoms with van der Waals surface area (Å²) in [5.74, 6) is 1.68. The molecule has 0 fully saturated rings. The number of benzene rings is 2. The van der Waals surface area contributed by atoms with Gasteiger partial charge in [0.05, 0.1) is 24.2 Å². The molecule has 0 spiro atoms. The highest BCUT2D eigenvalue weighted by Crippen LogP contribution is 2.33. The first-order chi connectivity index (χ1) is 19.4. The van der Waals surface area contributed by atoms with Crippen LogP contribution in [0.5, 0.6) is 17.4 Å². The molecular weight excluding hydrogens is 522 g/mol. The van der Waals surface area contributed by atoms with Crippen molar-refractivity contribution in [2.75, 3.05) is 42.5 Å². The predicted octanol–water partition coefficient (Wildman–Crippen LogP) is 5.23. The van der Waals surface area contributed by atoms with Gasteiger partial charge in [0.25, 0.3) is 0 Å². The average molecular weight is 556 g/mol. The Morgan fingerprint density at radius 2 is 1.85 bits per heavy atom. The number of anilines is 4. The van der Waals surface area contributed by atoms with E-state index in [1.807, 2.05) is 56.3 Å². The maximum absolute atomic E-state index is 13.1. The number of methoxy groups -OCH3 is 1. The molecule has 0 saturated heterocycles. The summed E-state index contributed by atoms with van der Waals surface area (Å²) in [6.07, 6.45) is 1.22. The molecule has 2 heterocycles. The fourth-order valence-electron chi connectivity index (χ4n) is 3.99. The van der Waals surface area contributed by atoms with Gasteiger partial charge in [0.1, 0.15) is 35.5 Å². The smallest absolute Gasteiger partial charge is 0.324 e. The van der Waals surface area contributed by atoms with E-state index in [1.165, 1.54) is 6.33 Å². The van der Waals surface area contributed by atoms with E-state index in [-0.39, 0.29) is 22.7 Å². The summed E-state index contributed by atoms with van der Waals surface area (Å²) in [6.45, 7) is 7.99. The molecule has 41 heavy (non-hydrogen) atoms. The maximum Gasteiger partial charge on any atom is 0.324 e. The topological polar surface area (TPSA) is 156 Å². The Morgan fingerprint density at radius 3 is 2.49 bits per heavy atom. The summed E-state index contributed by atoms with van der Waals surface area (Å²) < 4.78 is 13.0. The van der Waals surface area contributed by atoms with Crippen LogP contribution < -0.4 is 30.7 Å². The molecule has 0 aliphatic carbocycles. The normalized spacial score (nSPS) is 11.0. The molecule has 2 aromatic carbocycles. The fraction of sp³-hybridized carbons (Fsp3) is 0.276. The minimum atomic E-state index is -0.449. The molecule has 0 radical (unpaired) electrons. The van der Waals surface area contributed by atoms with Crippen molar-refractivity contribution in [1.82, 2.24) is 19.7 Å². The van der Waals surface area contributed by atoms with Crippen molar-refractivity contribution in [2.45, 2.75) is 33.1 Å². The molecule has 212 valence electrons. The number of carbonyl (C=O) groups is 1. The standard InChI is InChI=1S/C29H33N9O3/c1-17-12-19(41-27-20(15-30)26(31)32-16-33-27)9-10-21(17)34-28(39)35-25-14-24(29(2,3)4)36-38(25)18-8-11-22(37(5)6)23(13-18)40-7/h8-14,16H,1-7H3,(H2,31,32,33)(H2,34,35,39). The van der Waals surface area contributed by atoms with Crippen molar-refractivity contribution < 1.29 is 14.3 Å². The molecule has 12 heteroatoms. The molecule has 12 nitrogen and oxygen atoms in total. The Kier molecular flexibility index (Phi) is 8.00. The average Bonchev–Trinajstić information content (AvgIpc) is 3.34. The number of hydrogen-bond acceptors (Lipinski definition) is 9. The van der Waals surface area contributed by atoms with Crippen LogP contribution in [0.2, 0.25) is 0 Å². The number of rotatable bonds is 7. The lowest BCUT2D eigenvalue weighted by molar-refractivity contribution is 0.262. The third-order valence-corrected chi connectivity index (χ3v) is 6.22. The van der Waals surface area contributed by atoms with Crippen molar-refractivity contribution in [3.63, 3.8) is 0 Å². The molecule has 0 atom stereocenters. The summed E-state index contributed by atoms with van der Waals surface area (Å²) in [4.78, 5) is 22.9. The Hall–Kier alpha value is -5.31. The SMILES string of the molecule is COc1cc(-n2nc(C(C)(C)C)cc2NC(=O)Nc2ccc(Oc3ncnc(N)c3C#N)cc2C)ccc1N(C)C.